The van der Waals surface area contributed by atoms with Gasteiger partial charge in [0.05, 0.1) is 16.1 Å². The Bertz CT molecular complexity index is 1270. The number of allylic oxidation sites excluding steroid dienone is 2. The van der Waals surface area contributed by atoms with Crippen LogP contribution in [0.3, 0.4) is 0 Å². The molecule has 1 aromatic heterocycles. The molecule has 0 bridgehead atoms. The monoisotopic (exact) mass is 477 g/mol. The van der Waals surface area contributed by atoms with Gasteiger partial charge >= 0.3 is 5.97 Å². The van der Waals surface area contributed by atoms with Gasteiger partial charge in [-0.15, -0.1) is 0 Å². The van der Waals surface area contributed by atoms with Gasteiger partial charge in [0.1, 0.15) is 29.9 Å². The molecule has 1 aliphatic rings. The molecule has 4 nitrogen and oxygen atoms in total. The Morgan fingerprint density at radius 1 is 1.00 bits per heavy atom. The summed E-state index contributed by atoms with van der Waals surface area (Å²) >= 11 is 6.13. The zero-order valence-corrected chi connectivity index (χ0v) is 17.7. The van der Waals surface area contributed by atoms with E-state index in [9.17, 15) is 27.5 Å². The van der Waals surface area contributed by atoms with Crippen molar-refractivity contribution in [2.24, 2.45) is 0 Å². The fourth-order valence-corrected chi connectivity index (χ4v) is 4.00. The summed E-state index contributed by atoms with van der Waals surface area (Å²) in [5.41, 5.74) is 1.62. The van der Waals surface area contributed by atoms with Gasteiger partial charge in [0, 0.05) is 23.9 Å². The molecule has 9 heteroatoms. The number of benzene rings is 2. The maximum Gasteiger partial charge on any atom is 0.338 e. The first-order valence-corrected chi connectivity index (χ1v) is 10.3. The first kappa shape index (κ1) is 22.8. The van der Waals surface area contributed by atoms with E-state index in [2.05, 4.69) is 4.98 Å². The molecular weight excluding hydrogens is 462 g/mol. The maximum atomic E-state index is 14.0. The van der Waals surface area contributed by atoms with E-state index < -0.39 is 47.0 Å². The number of carboxylic acid groups (broad SMARTS) is 1. The fourth-order valence-electron chi connectivity index (χ4n) is 3.84. The number of rotatable bonds is 6. The van der Waals surface area contributed by atoms with Crippen molar-refractivity contribution in [1.82, 2.24) is 4.98 Å². The van der Waals surface area contributed by atoms with E-state index in [0.717, 1.165) is 23.6 Å². The van der Waals surface area contributed by atoms with E-state index in [1.807, 2.05) is 0 Å². The minimum atomic E-state index is -1.38. The van der Waals surface area contributed by atoms with Gasteiger partial charge in [0.15, 0.2) is 0 Å². The Balaban J connectivity index is 1.74. The first-order chi connectivity index (χ1) is 15.7. The molecule has 2 aromatic carbocycles. The molecule has 1 N–H and O–H groups in total. The normalized spacial score (nSPS) is 13.5. The smallest absolute Gasteiger partial charge is 0.338 e. The van der Waals surface area contributed by atoms with Gasteiger partial charge in [-0.05, 0) is 54.2 Å². The molecule has 0 spiro atoms. The van der Waals surface area contributed by atoms with Crippen LogP contribution in [0.1, 0.15) is 46.3 Å². The highest BCUT2D eigenvalue weighted by molar-refractivity contribution is 6.30. The molecule has 0 unspecified atom stereocenters. The third kappa shape index (κ3) is 4.71. The van der Waals surface area contributed by atoms with E-state index in [0.29, 0.717) is 41.1 Å². The minimum Gasteiger partial charge on any atom is -0.478 e. The predicted octanol–water partition coefficient (Wildman–Crippen LogP) is 6.66. The largest absolute Gasteiger partial charge is 0.478 e. The number of hydrogen-bond acceptors (Lipinski definition) is 3. The molecule has 0 saturated carbocycles. The number of halogens is 5. The Morgan fingerprint density at radius 2 is 1.70 bits per heavy atom. The van der Waals surface area contributed by atoms with Crippen molar-refractivity contribution in [2.45, 2.75) is 25.9 Å². The van der Waals surface area contributed by atoms with Crippen LogP contribution < -0.4 is 4.74 Å². The molecule has 1 heterocycles. The third-order valence-electron chi connectivity index (χ3n) is 5.36. The van der Waals surface area contributed by atoms with Crippen molar-refractivity contribution in [3.8, 4) is 5.88 Å². The lowest BCUT2D eigenvalue weighted by atomic mass is 9.96. The van der Waals surface area contributed by atoms with Crippen LogP contribution >= 0.6 is 11.6 Å². The Hall–Kier alpha value is -3.39. The average molecular weight is 478 g/mol. The molecule has 3 aromatic rings. The second kappa shape index (κ2) is 9.23. The van der Waals surface area contributed by atoms with Crippen LogP contribution in [0.15, 0.2) is 42.6 Å². The number of carboxylic acids is 1. The highest BCUT2D eigenvalue weighted by atomic mass is 35.5. The second-order valence-electron chi connectivity index (χ2n) is 7.45. The molecule has 0 saturated heterocycles. The molecule has 0 amide bonds. The number of pyridine rings is 1. The summed E-state index contributed by atoms with van der Waals surface area (Å²) in [6.45, 7) is -0.540. The molecule has 0 radical (unpaired) electrons. The van der Waals surface area contributed by atoms with Gasteiger partial charge in [0.2, 0.25) is 5.88 Å². The van der Waals surface area contributed by atoms with Crippen molar-refractivity contribution in [3.05, 3.63) is 93.1 Å². The van der Waals surface area contributed by atoms with Crippen LogP contribution in [0.5, 0.6) is 5.88 Å². The predicted molar refractivity (Wildman–Crippen MR) is 114 cm³/mol. The lowest BCUT2D eigenvalue weighted by Crippen LogP contribution is -2.06. The minimum absolute atomic E-state index is 0.0532. The van der Waals surface area contributed by atoms with Crippen molar-refractivity contribution in [2.75, 3.05) is 0 Å². The lowest BCUT2D eigenvalue weighted by molar-refractivity contribution is 0.0692. The molecule has 0 aliphatic heterocycles. The van der Waals surface area contributed by atoms with Gasteiger partial charge < -0.3 is 9.84 Å². The standard InChI is InChI=1S/C24H16ClF4NO3/c25-13-7-17(23(30-10-13)33-11-19-21(28)8-14(26)9-22(19)29)16-3-1-2-15(16)12-4-5-20(27)18(6-12)24(31)32/h4-10H,1-3,11H2,(H,31,32). The molecule has 0 fully saturated rings. The zero-order chi connectivity index (χ0) is 23.7. The van der Waals surface area contributed by atoms with Crippen LogP contribution in [-0.4, -0.2) is 16.1 Å². The number of ether oxygens (including phenoxy) is 1. The van der Waals surface area contributed by atoms with Gasteiger partial charge in [-0.25, -0.2) is 27.3 Å². The van der Waals surface area contributed by atoms with E-state index in [1.54, 1.807) is 6.07 Å². The van der Waals surface area contributed by atoms with Crippen LogP contribution in [0.4, 0.5) is 17.6 Å². The van der Waals surface area contributed by atoms with Crippen molar-refractivity contribution < 1.29 is 32.2 Å². The number of carbonyl (C=O) groups is 1. The van der Waals surface area contributed by atoms with E-state index in [-0.39, 0.29) is 5.88 Å². The quantitative estimate of drug-likeness (QED) is 0.403. The molecule has 170 valence electrons. The summed E-state index contributed by atoms with van der Waals surface area (Å²) in [5.74, 6) is -5.39. The summed E-state index contributed by atoms with van der Waals surface area (Å²) in [6, 6.07) is 6.55. The molecule has 1 aliphatic carbocycles. The van der Waals surface area contributed by atoms with Crippen LogP contribution in [0.25, 0.3) is 11.1 Å². The van der Waals surface area contributed by atoms with E-state index in [1.165, 1.54) is 18.3 Å². The molecule has 0 atom stereocenters. The summed E-state index contributed by atoms with van der Waals surface area (Å²) in [5, 5.41) is 9.54. The molecule has 4 rings (SSSR count). The zero-order valence-electron chi connectivity index (χ0n) is 17.0. The number of hydrogen-bond donors (Lipinski definition) is 1. The van der Waals surface area contributed by atoms with Gasteiger partial charge in [0.25, 0.3) is 0 Å². The average Bonchev–Trinajstić information content (AvgIpc) is 3.23. The molecule has 33 heavy (non-hydrogen) atoms. The van der Waals surface area contributed by atoms with Crippen molar-refractivity contribution in [3.63, 3.8) is 0 Å². The summed E-state index contributed by atoms with van der Waals surface area (Å²) in [7, 11) is 0. The summed E-state index contributed by atoms with van der Waals surface area (Å²) in [6.07, 6.45) is 3.21. The van der Waals surface area contributed by atoms with Gasteiger partial charge in [-0.2, -0.15) is 0 Å². The Labute approximate surface area is 191 Å². The Morgan fingerprint density at radius 3 is 2.39 bits per heavy atom. The SMILES string of the molecule is O=C(O)c1cc(C2=C(c3cc(Cl)cnc3OCc3c(F)cc(F)cc3F)CCC2)ccc1F. The second-order valence-corrected chi connectivity index (χ2v) is 7.89. The Kier molecular flexibility index (Phi) is 6.37. The topological polar surface area (TPSA) is 59.4 Å². The maximum absolute atomic E-state index is 14.0. The van der Waals surface area contributed by atoms with E-state index in [4.69, 9.17) is 16.3 Å². The van der Waals surface area contributed by atoms with Gasteiger partial charge in [-0.1, -0.05) is 17.7 Å². The number of aromatic carboxylic acids is 1. The number of nitrogens with zero attached hydrogens (tertiary/aromatic N) is 1. The fraction of sp³-hybridized carbons (Fsp3) is 0.167. The first-order valence-electron chi connectivity index (χ1n) is 9.92. The van der Waals surface area contributed by atoms with E-state index >= 15 is 0 Å². The van der Waals surface area contributed by atoms with Crippen LogP contribution in [0.2, 0.25) is 5.02 Å². The highest BCUT2D eigenvalue weighted by Crippen LogP contribution is 2.43. The third-order valence-corrected chi connectivity index (χ3v) is 5.57. The highest BCUT2D eigenvalue weighted by Gasteiger charge is 2.24. The van der Waals surface area contributed by atoms with Crippen molar-refractivity contribution in [1.29, 1.82) is 0 Å². The van der Waals surface area contributed by atoms with Crippen LogP contribution in [-0.2, 0) is 6.61 Å². The van der Waals surface area contributed by atoms with Crippen LogP contribution in [0, 0.1) is 23.3 Å². The lowest BCUT2D eigenvalue weighted by Gasteiger charge is -2.15. The molecular formula is C24H16ClF4NO3. The number of aromatic nitrogens is 1. The van der Waals surface area contributed by atoms with Crippen molar-refractivity contribution >= 4 is 28.7 Å². The summed E-state index contributed by atoms with van der Waals surface area (Å²) in [4.78, 5) is 15.5. The summed E-state index contributed by atoms with van der Waals surface area (Å²) < 4.78 is 60.7. The van der Waals surface area contributed by atoms with Gasteiger partial charge in [-0.3, -0.25) is 0 Å².